The maximum absolute atomic E-state index is 14.2. The average Bonchev–Trinajstić information content (AvgIpc) is 3.04. The van der Waals surface area contributed by atoms with E-state index in [0.717, 1.165) is 6.92 Å². The zero-order valence-corrected chi connectivity index (χ0v) is 14.2. The van der Waals surface area contributed by atoms with Crippen molar-refractivity contribution in [1.82, 2.24) is 4.98 Å². The number of nitrogens with two attached hydrogens (primary N) is 1. The van der Waals surface area contributed by atoms with Crippen molar-refractivity contribution in [2.45, 2.75) is 31.5 Å². The molecule has 2 rings (SSSR count). The maximum Gasteiger partial charge on any atom is 0.458 e. The third-order valence-corrected chi connectivity index (χ3v) is 3.58. The summed E-state index contributed by atoms with van der Waals surface area (Å²) in [4.78, 5) is 15.1. The molecular formula is C15H11F9N2O3. The molecule has 0 atom stereocenters. The summed E-state index contributed by atoms with van der Waals surface area (Å²) in [5.41, 5.74) is -4.39. The fourth-order valence-electron chi connectivity index (χ4n) is 2.50. The maximum atomic E-state index is 14.2. The Morgan fingerprint density at radius 3 is 2.00 bits per heavy atom. The molecule has 1 aromatic heterocycles. The first-order valence-electron chi connectivity index (χ1n) is 7.56. The van der Waals surface area contributed by atoms with Gasteiger partial charge >= 0.3 is 18.3 Å². The van der Waals surface area contributed by atoms with Crippen LogP contribution < -0.4 is 5.73 Å². The van der Waals surface area contributed by atoms with Gasteiger partial charge in [-0.3, -0.25) is 4.79 Å². The van der Waals surface area contributed by atoms with Crippen molar-refractivity contribution in [2.24, 2.45) is 5.73 Å². The number of hydrogen-bond donors (Lipinski definition) is 1. The summed E-state index contributed by atoms with van der Waals surface area (Å²) in [6.45, 7) is 0.488. The van der Waals surface area contributed by atoms with Crippen LogP contribution in [0.4, 0.5) is 39.5 Å². The molecule has 14 heteroatoms. The molecule has 2 N–H and O–H groups in total. The minimum absolute atomic E-state index is 0.265. The molecule has 1 aromatic rings. The number of allylic oxidation sites excluding steroid dienone is 2. The summed E-state index contributed by atoms with van der Waals surface area (Å²) >= 11 is 0. The number of nitrogens with zero attached hydrogens (tertiary/aromatic N) is 1. The zero-order valence-electron chi connectivity index (χ0n) is 14.2. The smallest absolute Gasteiger partial charge is 0.402 e. The lowest BCUT2D eigenvalue weighted by Crippen LogP contribution is -2.39. The lowest BCUT2D eigenvalue weighted by molar-refractivity contribution is -0.291. The first kappa shape index (κ1) is 22.9. The molecule has 0 spiro atoms. The predicted octanol–water partition coefficient (Wildman–Crippen LogP) is 3.98. The highest BCUT2D eigenvalue weighted by Crippen LogP contribution is 2.51. The first-order valence-corrected chi connectivity index (χ1v) is 7.56. The Bertz CT molecular complexity index is 837. The van der Waals surface area contributed by atoms with Crippen LogP contribution in [0.5, 0.6) is 0 Å². The highest BCUT2D eigenvalue weighted by atomic mass is 19.4. The summed E-state index contributed by atoms with van der Waals surface area (Å²) in [5, 5.41) is 0. The molecule has 1 saturated heterocycles. The normalized spacial score (nSPS) is 17.1. The van der Waals surface area contributed by atoms with Crippen LogP contribution in [0, 0.1) is 5.95 Å². The number of ether oxygens (including phenoxy) is 2. The van der Waals surface area contributed by atoms with Crippen molar-refractivity contribution in [3.8, 4) is 0 Å². The van der Waals surface area contributed by atoms with Gasteiger partial charge in [-0.1, -0.05) is 0 Å². The number of aromatic nitrogens is 1. The monoisotopic (exact) mass is 438 g/mol. The van der Waals surface area contributed by atoms with E-state index in [2.05, 4.69) is 4.98 Å². The van der Waals surface area contributed by atoms with E-state index < -0.39 is 64.4 Å². The van der Waals surface area contributed by atoms with Gasteiger partial charge in [0.2, 0.25) is 12.2 Å². The van der Waals surface area contributed by atoms with Crippen LogP contribution in [0.3, 0.4) is 0 Å². The molecule has 0 unspecified atom stereocenters. The number of carbonyl (C=O) groups excluding carboxylic acids is 1. The van der Waals surface area contributed by atoms with Gasteiger partial charge < -0.3 is 15.2 Å². The summed E-state index contributed by atoms with van der Waals surface area (Å²) in [6.07, 6.45) is -14.3. The second-order valence-electron chi connectivity index (χ2n) is 5.81. The topological polar surface area (TPSA) is 74.4 Å². The van der Waals surface area contributed by atoms with Gasteiger partial charge in [-0.2, -0.15) is 39.5 Å². The number of carbonyl (C=O) groups is 1. The van der Waals surface area contributed by atoms with Gasteiger partial charge in [0.1, 0.15) is 11.3 Å². The Morgan fingerprint density at radius 2 is 1.59 bits per heavy atom. The van der Waals surface area contributed by atoms with Gasteiger partial charge in [0.15, 0.2) is 5.78 Å². The lowest BCUT2D eigenvalue weighted by Gasteiger charge is -2.27. The summed E-state index contributed by atoms with van der Waals surface area (Å²) in [5.74, 6) is -10.8. The SMILES string of the molecule is C/C(N)=C/C(=O)c1c(C2OCCO2)nc(F)c(C(F)(F)F)c1C(F)(F)C(F)(F)F. The van der Waals surface area contributed by atoms with E-state index in [4.69, 9.17) is 15.2 Å². The van der Waals surface area contributed by atoms with E-state index in [0.29, 0.717) is 6.08 Å². The zero-order chi connectivity index (χ0) is 22.4. The van der Waals surface area contributed by atoms with Gasteiger partial charge in [0.25, 0.3) is 0 Å². The molecule has 0 radical (unpaired) electrons. The van der Waals surface area contributed by atoms with Crippen LogP contribution in [-0.4, -0.2) is 30.2 Å². The molecule has 0 aliphatic carbocycles. The van der Waals surface area contributed by atoms with Crippen LogP contribution in [0.1, 0.15) is 40.4 Å². The highest BCUT2D eigenvalue weighted by molar-refractivity contribution is 6.07. The van der Waals surface area contributed by atoms with Crippen molar-refractivity contribution in [1.29, 1.82) is 0 Å². The van der Waals surface area contributed by atoms with Gasteiger partial charge in [-0.15, -0.1) is 0 Å². The van der Waals surface area contributed by atoms with Gasteiger partial charge in [0, 0.05) is 11.8 Å². The van der Waals surface area contributed by atoms with Crippen molar-refractivity contribution < 1.29 is 53.8 Å². The Kier molecular flexibility index (Phi) is 5.91. The Labute approximate surface area is 156 Å². The highest BCUT2D eigenvalue weighted by Gasteiger charge is 2.64. The molecule has 1 aliphatic heterocycles. The molecule has 0 aromatic carbocycles. The number of halogens is 9. The van der Waals surface area contributed by atoms with Crippen LogP contribution in [0.2, 0.25) is 0 Å². The van der Waals surface area contributed by atoms with Gasteiger partial charge in [0.05, 0.1) is 24.3 Å². The second kappa shape index (κ2) is 7.48. The fourth-order valence-corrected chi connectivity index (χ4v) is 2.50. The molecule has 2 heterocycles. The van der Waals surface area contributed by atoms with Crippen LogP contribution >= 0.6 is 0 Å². The molecule has 162 valence electrons. The second-order valence-corrected chi connectivity index (χ2v) is 5.81. The standard InChI is InChI=1S/C15H11F9N2O3/c1-5(25)4-6(27)7-8(13(17,18)15(22,23)24)9(14(19,20)21)11(16)26-10(7)12-28-2-3-29-12/h4,12H,2-3,25H2,1H3/b5-4-. The Balaban J connectivity index is 3.05. The molecule has 0 bridgehead atoms. The third-order valence-electron chi connectivity index (χ3n) is 3.58. The molecule has 5 nitrogen and oxygen atoms in total. The quantitative estimate of drug-likeness (QED) is 0.333. The average molecular weight is 438 g/mol. The van der Waals surface area contributed by atoms with E-state index in [1.54, 1.807) is 0 Å². The van der Waals surface area contributed by atoms with E-state index in [-0.39, 0.29) is 13.2 Å². The van der Waals surface area contributed by atoms with Crippen molar-refractivity contribution in [3.05, 3.63) is 40.1 Å². The third kappa shape index (κ3) is 4.32. The molecule has 1 aliphatic rings. The molecule has 1 fully saturated rings. The van der Waals surface area contributed by atoms with Crippen molar-refractivity contribution in [2.75, 3.05) is 13.2 Å². The first-order chi connectivity index (χ1) is 13.1. The van der Waals surface area contributed by atoms with E-state index in [1.165, 1.54) is 0 Å². The van der Waals surface area contributed by atoms with Crippen LogP contribution in [0.15, 0.2) is 11.8 Å². The number of pyridine rings is 1. The number of hydrogen-bond acceptors (Lipinski definition) is 5. The summed E-state index contributed by atoms with van der Waals surface area (Å²) < 4.78 is 131. The van der Waals surface area contributed by atoms with Gasteiger partial charge in [-0.05, 0) is 6.92 Å². The van der Waals surface area contributed by atoms with Crippen molar-refractivity contribution in [3.63, 3.8) is 0 Å². The van der Waals surface area contributed by atoms with Crippen molar-refractivity contribution >= 4 is 5.78 Å². The van der Waals surface area contributed by atoms with E-state index in [1.807, 2.05) is 0 Å². The fraction of sp³-hybridized carbons (Fsp3) is 0.467. The molecular weight excluding hydrogens is 427 g/mol. The lowest BCUT2D eigenvalue weighted by atomic mass is 9.91. The summed E-state index contributed by atoms with van der Waals surface area (Å²) in [6, 6.07) is 0. The number of ketones is 1. The number of rotatable bonds is 4. The molecule has 0 amide bonds. The Hall–Kier alpha value is -2.35. The van der Waals surface area contributed by atoms with Crippen LogP contribution in [0.25, 0.3) is 0 Å². The largest absolute Gasteiger partial charge is 0.458 e. The van der Waals surface area contributed by atoms with Gasteiger partial charge in [-0.25, -0.2) is 4.98 Å². The van der Waals surface area contributed by atoms with E-state index >= 15 is 0 Å². The number of alkyl halides is 8. The molecule has 29 heavy (non-hydrogen) atoms. The minimum Gasteiger partial charge on any atom is -0.402 e. The summed E-state index contributed by atoms with van der Waals surface area (Å²) in [7, 11) is 0. The van der Waals surface area contributed by atoms with E-state index in [9.17, 15) is 44.3 Å². The predicted molar refractivity (Wildman–Crippen MR) is 76.1 cm³/mol. The Morgan fingerprint density at radius 1 is 1.07 bits per heavy atom. The molecule has 0 saturated carbocycles. The minimum atomic E-state index is -6.61. The van der Waals surface area contributed by atoms with Crippen LogP contribution in [-0.2, 0) is 21.6 Å².